The van der Waals surface area contributed by atoms with Crippen molar-refractivity contribution in [3.05, 3.63) is 23.8 Å². The first-order valence-corrected chi connectivity index (χ1v) is 9.69. The van der Waals surface area contributed by atoms with Crippen LogP contribution in [0.3, 0.4) is 0 Å². The van der Waals surface area contributed by atoms with Crippen LogP contribution in [0.1, 0.15) is 39.7 Å². The van der Waals surface area contributed by atoms with Gasteiger partial charge in [0.15, 0.2) is 0 Å². The summed E-state index contributed by atoms with van der Waals surface area (Å²) in [4.78, 5) is 28.6. The lowest BCUT2D eigenvalue weighted by atomic mass is 9.91. The number of hydrogen-bond acceptors (Lipinski definition) is 4. The van der Waals surface area contributed by atoms with Gasteiger partial charge in [-0.25, -0.2) is 4.79 Å². The van der Waals surface area contributed by atoms with Crippen LogP contribution in [0, 0.1) is 5.41 Å². The summed E-state index contributed by atoms with van der Waals surface area (Å²) in [5.41, 5.74) is 2.58. The number of rotatable bonds is 9. The molecule has 0 heterocycles. The lowest BCUT2D eigenvalue weighted by Gasteiger charge is -2.28. The van der Waals surface area contributed by atoms with Gasteiger partial charge in [-0.3, -0.25) is 4.79 Å². The highest BCUT2D eigenvalue weighted by Crippen LogP contribution is 2.26. The Morgan fingerprint density at radius 3 is 2.39 bits per heavy atom. The van der Waals surface area contributed by atoms with Gasteiger partial charge in [0.25, 0.3) is 0 Å². The van der Waals surface area contributed by atoms with Gasteiger partial charge in [-0.1, -0.05) is 20.8 Å². The van der Waals surface area contributed by atoms with E-state index in [9.17, 15) is 9.59 Å². The summed E-state index contributed by atoms with van der Waals surface area (Å²) in [6.45, 7) is 10.0. The summed E-state index contributed by atoms with van der Waals surface area (Å²) in [5.74, 6) is 0.0938. The van der Waals surface area contributed by atoms with Gasteiger partial charge in [0.2, 0.25) is 5.91 Å². The summed E-state index contributed by atoms with van der Waals surface area (Å²) in [5, 5.41) is 5.56. The van der Waals surface area contributed by atoms with Gasteiger partial charge in [0.05, 0.1) is 6.61 Å². The molecule has 1 aromatic carbocycles. The standard InChI is InChI=1S/C21H36N4O3/c1-8-22-20(27)23-17-9-10-18(24(5)6)16(13-17)15-25(11-12-28-7)19(26)14-21(2,3)4/h9-10,13H,8,11-12,14-15H2,1-7H3,(H2,22,23,27). The third-order valence-electron chi connectivity index (χ3n) is 4.12. The quantitative estimate of drug-likeness (QED) is 0.676. The molecule has 1 aromatic rings. The van der Waals surface area contributed by atoms with Crippen LogP contribution in [0.2, 0.25) is 0 Å². The highest BCUT2D eigenvalue weighted by atomic mass is 16.5. The number of methoxy groups -OCH3 is 1. The Hall–Kier alpha value is -2.28. The van der Waals surface area contributed by atoms with Gasteiger partial charge in [-0.2, -0.15) is 0 Å². The largest absolute Gasteiger partial charge is 0.383 e. The molecule has 0 unspecified atom stereocenters. The Balaban J connectivity index is 3.12. The van der Waals surface area contributed by atoms with Crippen molar-refractivity contribution in [3.63, 3.8) is 0 Å². The third-order valence-corrected chi connectivity index (χ3v) is 4.12. The first kappa shape index (κ1) is 23.8. The Bertz CT molecular complexity index is 654. The van der Waals surface area contributed by atoms with E-state index < -0.39 is 0 Å². The van der Waals surface area contributed by atoms with Gasteiger partial charge in [-0.15, -0.1) is 0 Å². The topological polar surface area (TPSA) is 73.9 Å². The maximum absolute atomic E-state index is 12.9. The van der Waals surface area contributed by atoms with E-state index in [-0.39, 0.29) is 17.4 Å². The lowest BCUT2D eigenvalue weighted by molar-refractivity contribution is -0.134. The predicted molar refractivity (Wildman–Crippen MR) is 115 cm³/mol. The summed E-state index contributed by atoms with van der Waals surface area (Å²) in [6, 6.07) is 5.50. The van der Waals surface area contributed by atoms with Gasteiger partial charge in [-0.05, 0) is 36.1 Å². The number of urea groups is 1. The second-order valence-electron chi connectivity index (χ2n) is 8.27. The number of anilines is 2. The molecule has 28 heavy (non-hydrogen) atoms. The van der Waals surface area contributed by atoms with Crippen LogP contribution < -0.4 is 15.5 Å². The first-order valence-electron chi connectivity index (χ1n) is 9.69. The number of hydrogen-bond donors (Lipinski definition) is 2. The molecule has 0 aliphatic heterocycles. The fourth-order valence-electron chi connectivity index (χ4n) is 2.83. The lowest BCUT2D eigenvalue weighted by Crippen LogP contribution is -2.36. The van der Waals surface area contributed by atoms with E-state index in [4.69, 9.17) is 4.74 Å². The minimum Gasteiger partial charge on any atom is -0.383 e. The van der Waals surface area contributed by atoms with Crippen LogP contribution in [-0.2, 0) is 16.1 Å². The molecule has 0 radical (unpaired) electrons. The van der Waals surface area contributed by atoms with Crippen LogP contribution in [0.15, 0.2) is 18.2 Å². The average Bonchev–Trinajstić information content (AvgIpc) is 2.57. The Morgan fingerprint density at radius 1 is 1.18 bits per heavy atom. The predicted octanol–water partition coefficient (Wildman–Crippen LogP) is 3.31. The number of amides is 3. The highest BCUT2D eigenvalue weighted by molar-refractivity contribution is 5.89. The van der Waals surface area contributed by atoms with E-state index in [1.807, 2.05) is 49.0 Å². The molecule has 0 saturated carbocycles. The van der Waals surface area contributed by atoms with E-state index in [2.05, 4.69) is 31.4 Å². The molecular weight excluding hydrogens is 356 g/mol. The SMILES string of the molecule is CCNC(=O)Nc1ccc(N(C)C)c(CN(CCOC)C(=O)CC(C)(C)C)c1. The molecule has 7 nitrogen and oxygen atoms in total. The van der Waals surface area contributed by atoms with Crippen molar-refractivity contribution in [3.8, 4) is 0 Å². The molecule has 0 fully saturated rings. The number of carbonyl (C=O) groups excluding carboxylic acids is 2. The molecule has 3 amide bonds. The van der Waals surface area contributed by atoms with Gasteiger partial charge < -0.3 is 25.2 Å². The van der Waals surface area contributed by atoms with E-state index in [0.717, 1.165) is 11.3 Å². The van der Waals surface area contributed by atoms with Crippen LogP contribution in [0.25, 0.3) is 0 Å². The molecule has 0 spiro atoms. The zero-order valence-electron chi connectivity index (χ0n) is 18.4. The van der Waals surface area contributed by atoms with Crippen molar-refractivity contribution in [2.75, 3.05) is 51.1 Å². The zero-order valence-corrected chi connectivity index (χ0v) is 18.4. The van der Waals surface area contributed by atoms with Crippen LogP contribution in [0.5, 0.6) is 0 Å². The van der Waals surface area contributed by atoms with E-state index in [1.165, 1.54) is 0 Å². The average molecular weight is 393 g/mol. The normalized spacial score (nSPS) is 11.1. The van der Waals surface area contributed by atoms with Crippen molar-refractivity contribution in [1.29, 1.82) is 0 Å². The van der Waals surface area contributed by atoms with Crippen LogP contribution in [0.4, 0.5) is 16.2 Å². The Morgan fingerprint density at radius 2 is 1.86 bits per heavy atom. The number of benzene rings is 1. The molecule has 0 aliphatic carbocycles. The second-order valence-corrected chi connectivity index (χ2v) is 8.27. The third kappa shape index (κ3) is 8.17. The number of carbonyl (C=O) groups is 2. The van der Waals surface area contributed by atoms with E-state index >= 15 is 0 Å². The Labute approximate surface area is 169 Å². The number of ether oxygens (including phenoxy) is 1. The van der Waals surface area contributed by atoms with Gasteiger partial charge in [0, 0.05) is 58.6 Å². The maximum Gasteiger partial charge on any atom is 0.319 e. The van der Waals surface area contributed by atoms with Crippen molar-refractivity contribution in [2.45, 2.75) is 40.7 Å². The van der Waals surface area contributed by atoms with Crippen LogP contribution >= 0.6 is 0 Å². The second kappa shape index (κ2) is 10.9. The minimum absolute atomic E-state index is 0.0889. The van der Waals surface area contributed by atoms with Gasteiger partial charge in [0.1, 0.15) is 0 Å². The molecule has 0 aromatic heterocycles. The molecule has 2 N–H and O–H groups in total. The smallest absolute Gasteiger partial charge is 0.319 e. The first-order chi connectivity index (χ1) is 13.1. The summed E-state index contributed by atoms with van der Waals surface area (Å²) >= 11 is 0. The van der Waals surface area contributed by atoms with E-state index in [0.29, 0.717) is 38.3 Å². The Kier molecular flexibility index (Phi) is 9.25. The van der Waals surface area contributed by atoms with E-state index in [1.54, 1.807) is 7.11 Å². The summed E-state index contributed by atoms with van der Waals surface area (Å²) in [7, 11) is 5.56. The number of nitrogens with one attached hydrogen (secondary N) is 2. The molecule has 0 bridgehead atoms. The summed E-state index contributed by atoms with van der Waals surface area (Å²) in [6.07, 6.45) is 0.463. The van der Waals surface area contributed by atoms with Crippen molar-refractivity contribution in [1.82, 2.24) is 10.2 Å². The van der Waals surface area contributed by atoms with Crippen molar-refractivity contribution < 1.29 is 14.3 Å². The highest BCUT2D eigenvalue weighted by Gasteiger charge is 2.22. The molecule has 0 saturated heterocycles. The van der Waals surface area contributed by atoms with Crippen LogP contribution in [-0.4, -0.2) is 57.7 Å². The van der Waals surface area contributed by atoms with Crippen molar-refractivity contribution in [2.24, 2.45) is 5.41 Å². The maximum atomic E-state index is 12.9. The molecular formula is C21H36N4O3. The molecule has 1 rings (SSSR count). The fourth-order valence-corrected chi connectivity index (χ4v) is 2.83. The monoisotopic (exact) mass is 392 g/mol. The molecule has 0 aliphatic rings. The number of nitrogens with zero attached hydrogens (tertiary/aromatic N) is 2. The minimum atomic E-state index is -0.244. The fraction of sp³-hybridized carbons (Fsp3) is 0.619. The summed E-state index contributed by atoms with van der Waals surface area (Å²) < 4.78 is 5.20. The van der Waals surface area contributed by atoms with Crippen molar-refractivity contribution >= 4 is 23.3 Å². The zero-order chi connectivity index (χ0) is 21.3. The molecule has 7 heteroatoms. The molecule has 0 atom stereocenters. The molecule has 158 valence electrons. The van der Waals surface area contributed by atoms with Gasteiger partial charge >= 0.3 is 6.03 Å².